The molecule has 14 heavy (non-hydrogen) atoms. The highest BCUT2D eigenvalue weighted by Gasteiger charge is 2.25. The molecule has 2 atom stereocenters. The zero-order valence-corrected chi connectivity index (χ0v) is 9.31. The SMILES string of the molecule is CCC1CCC(c2nccc(=S)[nH]2)C1. The molecule has 0 radical (unpaired) electrons. The summed E-state index contributed by atoms with van der Waals surface area (Å²) < 4.78 is 0.801. The Bertz CT molecular complexity index is 358. The first-order valence-electron chi connectivity index (χ1n) is 5.34. The summed E-state index contributed by atoms with van der Waals surface area (Å²) in [6, 6.07) is 1.84. The van der Waals surface area contributed by atoms with Crippen molar-refractivity contribution in [3.63, 3.8) is 0 Å². The van der Waals surface area contributed by atoms with Gasteiger partial charge in [0.1, 0.15) is 10.5 Å². The zero-order chi connectivity index (χ0) is 9.97. The van der Waals surface area contributed by atoms with E-state index in [1.54, 1.807) is 0 Å². The zero-order valence-electron chi connectivity index (χ0n) is 8.49. The lowest BCUT2D eigenvalue weighted by Crippen LogP contribution is -2.00. The van der Waals surface area contributed by atoms with Crippen LogP contribution in [0.3, 0.4) is 0 Å². The number of H-pyrrole nitrogens is 1. The normalized spacial score (nSPS) is 26.6. The topological polar surface area (TPSA) is 28.7 Å². The van der Waals surface area contributed by atoms with Crippen LogP contribution in [0.4, 0.5) is 0 Å². The molecule has 3 heteroatoms. The summed E-state index contributed by atoms with van der Waals surface area (Å²) in [6.45, 7) is 2.27. The third-order valence-corrected chi connectivity index (χ3v) is 3.43. The number of nitrogens with zero attached hydrogens (tertiary/aromatic N) is 1. The van der Waals surface area contributed by atoms with E-state index in [4.69, 9.17) is 12.2 Å². The molecule has 0 saturated heterocycles. The van der Waals surface area contributed by atoms with Gasteiger partial charge in [0.2, 0.25) is 0 Å². The molecule has 0 aromatic carbocycles. The molecule has 0 bridgehead atoms. The Balaban J connectivity index is 2.13. The van der Waals surface area contributed by atoms with Gasteiger partial charge in [-0.15, -0.1) is 0 Å². The summed E-state index contributed by atoms with van der Waals surface area (Å²) in [5.41, 5.74) is 0. The average molecular weight is 208 g/mol. The average Bonchev–Trinajstić information content (AvgIpc) is 2.66. The van der Waals surface area contributed by atoms with Crippen molar-refractivity contribution < 1.29 is 0 Å². The quantitative estimate of drug-likeness (QED) is 0.754. The molecule has 1 aromatic heterocycles. The fourth-order valence-corrected chi connectivity index (χ4v) is 2.45. The number of hydrogen-bond acceptors (Lipinski definition) is 2. The van der Waals surface area contributed by atoms with Crippen LogP contribution in [0.2, 0.25) is 0 Å². The smallest absolute Gasteiger partial charge is 0.110 e. The van der Waals surface area contributed by atoms with Gasteiger partial charge in [-0.25, -0.2) is 4.98 Å². The Labute approximate surface area is 89.8 Å². The molecule has 2 nitrogen and oxygen atoms in total. The van der Waals surface area contributed by atoms with Crippen molar-refractivity contribution in [2.45, 2.75) is 38.5 Å². The van der Waals surface area contributed by atoms with Crippen molar-refractivity contribution in [1.82, 2.24) is 9.97 Å². The van der Waals surface area contributed by atoms with Crippen molar-refractivity contribution in [2.75, 3.05) is 0 Å². The molecule has 0 spiro atoms. The first-order chi connectivity index (χ1) is 6.79. The van der Waals surface area contributed by atoms with E-state index in [9.17, 15) is 0 Å². The van der Waals surface area contributed by atoms with E-state index in [1.165, 1.54) is 25.7 Å². The highest BCUT2D eigenvalue weighted by atomic mass is 32.1. The number of nitrogens with one attached hydrogen (secondary N) is 1. The van der Waals surface area contributed by atoms with Crippen LogP contribution < -0.4 is 0 Å². The molecule has 0 aliphatic heterocycles. The Morgan fingerprint density at radius 1 is 1.57 bits per heavy atom. The summed E-state index contributed by atoms with van der Waals surface area (Å²) in [4.78, 5) is 7.57. The minimum absolute atomic E-state index is 0.614. The van der Waals surface area contributed by atoms with Gasteiger partial charge in [0.05, 0.1) is 0 Å². The van der Waals surface area contributed by atoms with Crippen LogP contribution in [0.25, 0.3) is 0 Å². The summed E-state index contributed by atoms with van der Waals surface area (Å²) in [5.74, 6) is 2.60. The lowest BCUT2D eigenvalue weighted by Gasteiger charge is -2.08. The van der Waals surface area contributed by atoms with Crippen LogP contribution in [0.1, 0.15) is 44.3 Å². The van der Waals surface area contributed by atoms with Gasteiger partial charge in [0.25, 0.3) is 0 Å². The number of hydrogen-bond donors (Lipinski definition) is 1. The maximum atomic E-state index is 5.10. The van der Waals surface area contributed by atoms with Crippen LogP contribution in [0.15, 0.2) is 12.3 Å². The first-order valence-corrected chi connectivity index (χ1v) is 5.75. The van der Waals surface area contributed by atoms with E-state index in [2.05, 4.69) is 16.9 Å². The minimum Gasteiger partial charge on any atom is -0.335 e. The van der Waals surface area contributed by atoms with Gasteiger partial charge in [0, 0.05) is 12.1 Å². The van der Waals surface area contributed by atoms with Crippen LogP contribution in [-0.2, 0) is 0 Å². The molecule has 1 aliphatic carbocycles. The van der Waals surface area contributed by atoms with E-state index < -0.39 is 0 Å². The van der Waals surface area contributed by atoms with E-state index in [0.29, 0.717) is 5.92 Å². The van der Waals surface area contributed by atoms with Crippen molar-refractivity contribution >= 4 is 12.2 Å². The predicted molar refractivity (Wildman–Crippen MR) is 59.8 cm³/mol. The van der Waals surface area contributed by atoms with Crippen LogP contribution in [0.5, 0.6) is 0 Å². The maximum absolute atomic E-state index is 5.10. The first kappa shape index (κ1) is 9.84. The van der Waals surface area contributed by atoms with Crippen LogP contribution in [-0.4, -0.2) is 9.97 Å². The van der Waals surface area contributed by atoms with Gasteiger partial charge in [-0.1, -0.05) is 25.6 Å². The van der Waals surface area contributed by atoms with Crippen LogP contribution >= 0.6 is 12.2 Å². The molecule has 1 heterocycles. The molecule has 1 aromatic rings. The molecule has 1 saturated carbocycles. The van der Waals surface area contributed by atoms with Crippen molar-refractivity contribution in [3.8, 4) is 0 Å². The van der Waals surface area contributed by atoms with E-state index in [-0.39, 0.29) is 0 Å². The second kappa shape index (κ2) is 4.22. The molecule has 2 unspecified atom stereocenters. The fraction of sp³-hybridized carbons (Fsp3) is 0.636. The lowest BCUT2D eigenvalue weighted by atomic mass is 10.0. The van der Waals surface area contributed by atoms with Crippen molar-refractivity contribution in [3.05, 3.63) is 22.7 Å². The summed E-state index contributed by atoms with van der Waals surface area (Å²) in [5, 5.41) is 0. The third-order valence-electron chi connectivity index (χ3n) is 3.20. The summed E-state index contributed by atoms with van der Waals surface area (Å²) in [7, 11) is 0. The molecular weight excluding hydrogens is 192 g/mol. The molecule has 76 valence electrons. The van der Waals surface area contributed by atoms with Crippen LogP contribution in [0, 0.1) is 10.6 Å². The Hall–Kier alpha value is -0.700. The van der Waals surface area contributed by atoms with E-state index in [0.717, 1.165) is 16.4 Å². The number of rotatable bonds is 2. The largest absolute Gasteiger partial charge is 0.335 e. The highest BCUT2D eigenvalue weighted by Crippen LogP contribution is 2.37. The Kier molecular flexibility index (Phi) is 2.96. The lowest BCUT2D eigenvalue weighted by molar-refractivity contribution is 0.516. The van der Waals surface area contributed by atoms with Crippen molar-refractivity contribution in [2.24, 2.45) is 5.92 Å². The summed E-state index contributed by atoms with van der Waals surface area (Å²) >= 11 is 5.10. The predicted octanol–water partition coefficient (Wildman–Crippen LogP) is 3.43. The fourth-order valence-electron chi connectivity index (χ4n) is 2.29. The van der Waals surface area contributed by atoms with E-state index in [1.807, 2.05) is 12.3 Å². The van der Waals surface area contributed by atoms with Crippen molar-refractivity contribution in [1.29, 1.82) is 0 Å². The summed E-state index contributed by atoms with van der Waals surface area (Å²) in [6.07, 6.45) is 7.00. The molecule has 2 rings (SSSR count). The molecular formula is C11H16N2S. The molecule has 1 fully saturated rings. The van der Waals surface area contributed by atoms with Gasteiger partial charge in [0.15, 0.2) is 0 Å². The second-order valence-electron chi connectivity index (χ2n) is 4.10. The monoisotopic (exact) mass is 208 g/mol. The number of aromatic amines is 1. The number of aromatic nitrogens is 2. The van der Waals surface area contributed by atoms with Gasteiger partial charge < -0.3 is 4.98 Å². The highest BCUT2D eigenvalue weighted by molar-refractivity contribution is 7.71. The second-order valence-corrected chi connectivity index (χ2v) is 4.54. The Morgan fingerprint density at radius 3 is 3.07 bits per heavy atom. The minimum atomic E-state index is 0.614. The Morgan fingerprint density at radius 2 is 2.43 bits per heavy atom. The van der Waals surface area contributed by atoms with Gasteiger partial charge in [-0.3, -0.25) is 0 Å². The molecule has 1 aliphatic rings. The maximum Gasteiger partial charge on any atom is 0.110 e. The van der Waals surface area contributed by atoms with Gasteiger partial charge in [-0.05, 0) is 31.2 Å². The standard InChI is InChI=1S/C11H16N2S/c1-2-8-3-4-9(7-8)11-12-6-5-10(14)13-11/h5-6,8-9H,2-4,7H2,1H3,(H,12,13,14). The molecule has 1 N–H and O–H groups in total. The molecule has 0 amide bonds. The third kappa shape index (κ3) is 2.03. The van der Waals surface area contributed by atoms with Gasteiger partial charge in [-0.2, -0.15) is 0 Å². The van der Waals surface area contributed by atoms with E-state index >= 15 is 0 Å². The van der Waals surface area contributed by atoms with Gasteiger partial charge >= 0.3 is 0 Å².